The van der Waals surface area contributed by atoms with Gasteiger partial charge in [-0.05, 0) is 72.3 Å². The van der Waals surface area contributed by atoms with Crippen LogP contribution >= 0.6 is 11.3 Å². The predicted molar refractivity (Wildman–Crippen MR) is 139 cm³/mol. The lowest BCUT2D eigenvalue weighted by Crippen LogP contribution is -2.42. The number of thiazole rings is 1. The Kier molecular flexibility index (Phi) is 7.77. The maximum atomic E-state index is 14.3. The van der Waals surface area contributed by atoms with Crippen molar-refractivity contribution in [1.82, 2.24) is 20.2 Å². The Balaban J connectivity index is 1.78. The molecule has 1 atom stereocenters. The van der Waals surface area contributed by atoms with Crippen molar-refractivity contribution in [3.63, 3.8) is 0 Å². The molecule has 1 aliphatic carbocycles. The Labute approximate surface area is 224 Å². The third kappa shape index (κ3) is 6.28. The first-order valence-corrected chi connectivity index (χ1v) is 13.7. The lowest BCUT2D eigenvalue weighted by atomic mass is 9.78. The number of hydrogen-bond donors (Lipinski definition) is 3. The van der Waals surface area contributed by atoms with Gasteiger partial charge in [-0.25, -0.2) is 9.97 Å². The Morgan fingerprint density at radius 1 is 1.24 bits per heavy atom. The van der Waals surface area contributed by atoms with Crippen molar-refractivity contribution in [2.75, 3.05) is 18.4 Å². The normalized spacial score (nSPS) is 19.6. The van der Waals surface area contributed by atoms with Crippen LogP contribution in [0.3, 0.4) is 0 Å². The summed E-state index contributed by atoms with van der Waals surface area (Å²) < 4.78 is 43.0. The molecule has 1 saturated carbocycles. The fourth-order valence-corrected chi connectivity index (χ4v) is 5.73. The number of pyridine rings is 1. The minimum Gasteiger partial charge on any atom is -0.389 e. The van der Waals surface area contributed by atoms with Crippen molar-refractivity contribution in [3.05, 3.63) is 28.5 Å². The summed E-state index contributed by atoms with van der Waals surface area (Å²) in [6, 6.07) is 0.859. The van der Waals surface area contributed by atoms with Gasteiger partial charge in [0.05, 0.1) is 16.0 Å². The van der Waals surface area contributed by atoms with Gasteiger partial charge in [0, 0.05) is 36.4 Å². The van der Waals surface area contributed by atoms with Gasteiger partial charge in [-0.3, -0.25) is 9.59 Å². The zero-order valence-corrected chi connectivity index (χ0v) is 22.9. The Morgan fingerprint density at radius 2 is 1.95 bits per heavy atom. The van der Waals surface area contributed by atoms with Crippen LogP contribution in [0.1, 0.15) is 92.1 Å². The zero-order valence-electron chi connectivity index (χ0n) is 22.0. The standard InChI is InChI=1S/C26H34F3N5O3S/c1-15-8-5-6-11-34(15)23(36)19-20(38-22(32-19)21(35)31-14-24(2,3)37)16-13-30-18(12-17(16)26(27,28)29)33-25(4)9-7-10-25/h12-13,15,37H,5-11,14H2,1-4H3,(H,30,33)(H,31,35). The topological polar surface area (TPSA) is 107 Å². The summed E-state index contributed by atoms with van der Waals surface area (Å²) in [6.45, 7) is 7.22. The first-order chi connectivity index (χ1) is 17.7. The molecule has 0 radical (unpaired) electrons. The quantitative estimate of drug-likeness (QED) is 0.441. The van der Waals surface area contributed by atoms with E-state index in [1.54, 1.807) is 4.90 Å². The predicted octanol–water partition coefficient (Wildman–Crippen LogP) is 5.09. The second-order valence-electron chi connectivity index (χ2n) is 11.2. The van der Waals surface area contributed by atoms with E-state index in [0.29, 0.717) is 6.54 Å². The van der Waals surface area contributed by atoms with E-state index >= 15 is 0 Å². The van der Waals surface area contributed by atoms with Crippen LogP contribution < -0.4 is 10.6 Å². The van der Waals surface area contributed by atoms with Crippen LogP contribution in [0.5, 0.6) is 0 Å². The van der Waals surface area contributed by atoms with E-state index in [1.165, 1.54) is 13.8 Å². The van der Waals surface area contributed by atoms with Gasteiger partial charge >= 0.3 is 6.18 Å². The van der Waals surface area contributed by atoms with Gasteiger partial charge in [-0.1, -0.05) is 0 Å². The summed E-state index contributed by atoms with van der Waals surface area (Å²) in [4.78, 5) is 36.5. The number of anilines is 1. The zero-order chi connectivity index (χ0) is 27.9. The monoisotopic (exact) mass is 553 g/mol. The molecule has 0 aromatic carbocycles. The highest BCUT2D eigenvalue weighted by Crippen LogP contribution is 2.43. The fourth-order valence-electron chi connectivity index (χ4n) is 4.73. The molecule has 208 valence electrons. The summed E-state index contributed by atoms with van der Waals surface area (Å²) >= 11 is 0.717. The smallest absolute Gasteiger partial charge is 0.389 e. The number of carbonyl (C=O) groups is 2. The fraction of sp³-hybridized carbons (Fsp3) is 0.615. The molecule has 2 aromatic rings. The summed E-state index contributed by atoms with van der Waals surface area (Å²) in [5.74, 6) is -1.09. The van der Waals surface area contributed by atoms with Crippen LogP contribution in [0.15, 0.2) is 12.3 Å². The molecule has 12 heteroatoms. The van der Waals surface area contributed by atoms with E-state index in [0.717, 1.165) is 62.1 Å². The molecule has 1 unspecified atom stereocenters. The van der Waals surface area contributed by atoms with Gasteiger partial charge < -0.3 is 20.6 Å². The number of halogens is 3. The molecule has 3 N–H and O–H groups in total. The highest BCUT2D eigenvalue weighted by atomic mass is 32.1. The van der Waals surface area contributed by atoms with Crippen LogP contribution in [-0.2, 0) is 6.18 Å². The summed E-state index contributed by atoms with van der Waals surface area (Å²) in [5.41, 5.74) is -2.96. The second kappa shape index (κ2) is 10.4. The largest absolute Gasteiger partial charge is 0.417 e. The third-order valence-electron chi connectivity index (χ3n) is 7.11. The molecule has 2 aromatic heterocycles. The summed E-state index contributed by atoms with van der Waals surface area (Å²) in [7, 11) is 0. The average molecular weight is 554 g/mol. The van der Waals surface area contributed by atoms with Gasteiger partial charge in [-0.2, -0.15) is 13.2 Å². The van der Waals surface area contributed by atoms with E-state index in [1.807, 2.05) is 13.8 Å². The van der Waals surface area contributed by atoms with E-state index in [-0.39, 0.29) is 45.1 Å². The first kappa shape index (κ1) is 28.3. The van der Waals surface area contributed by atoms with Crippen LogP contribution in [0.4, 0.5) is 19.0 Å². The van der Waals surface area contributed by atoms with Crippen LogP contribution in [0.25, 0.3) is 10.4 Å². The molecule has 38 heavy (non-hydrogen) atoms. The van der Waals surface area contributed by atoms with Gasteiger partial charge in [0.25, 0.3) is 11.8 Å². The maximum absolute atomic E-state index is 14.3. The Morgan fingerprint density at radius 3 is 2.53 bits per heavy atom. The number of aromatic nitrogens is 2. The second-order valence-corrected chi connectivity index (χ2v) is 12.2. The molecule has 3 heterocycles. The van der Waals surface area contributed by atoms with Crippen molar-refractivity contribution in [2.24, 2.45) is 0 Å². The van der Waals surface area contributed by atoms with Crippen LogP contribution in [0.2, 0.25) is 0 Å². The van der Waals surface area contributed by atoms with Crippen molar-refractivity contribution in [2.45, 2.75) is 89.6 Å². The Bertz CT molecular complexity index is 1200. The molecule has 0 spiro atoms. The molecule has 0 bridgehead atoms. The van der Waals surface area contributed by atoms with Crippen LogP contribution in [0, 0.1) is 0 Å². The van der Waals surface area contributed by atoms with Crippen molar-refractivity contribution >= 4 is 29.0 Å². The molecular weight excluding hydrogens is 519 g/mol. The van der Waals surface area contributed by atoms with Gasteiger partial charge in [0.2, 0.25) is 0 Å². The lowest BCUT2D eigenvalue weighted by Gasteiger charge is -2.39. The number of nitrogens with one attached hydrogen (secondary N) is 2. The van der Waals surface area contributed by atoms with Gasteiger partial charge in [0.1, 0.15) is 11.5 Å². The number of carbonyl (C=O) groups excluding carboxylic acids is 2. The minimum absolute atomic E-state index is 0.0533. The minimum atomic E-state index is -4.73. The lowest BCUT2D eigenvalue weighted by molar-refractivity contribution is -0.137. The maximum Gasteiger partial charge on any atom is 0.417 e. The third-order valence-corrected chi connectivity index (χ3v) is 8.20. The molecule has 4 rings (SSSR count). The van der Waals surface area contributed by atoms with E-state index in [4.69, 9.17) is 0 Å². The van der Waals surface area contributed by atoms with E-state index < -0.39 is 29.2 Å². The Hall–Kier alpha value is -2.73. The number of likely N-dealkylation sites (tertiary alicyclic amines) is 1. The summed E-state index contributed by atoms with van der Waals surface area (Å²) in [6.07, 6.45) is 1.55. The number of rotatable bonds is 7. The van der Waals surface area contributed by atoms with Crippen LogP contribution in [-0.4, -0.2) is 62.1 Å². The number of aliphatic hydroxyl groups is 1. The molecular formula is C26H34F3N5O3S. The first-order valence-electron chi connectivity index (χ1n) is 12.8. The number of alkyl halides is 3. The molecule has 8 nitrogen and oxygen atoms in total. The number of piperidine rings is 1. The highest BCUT2D eigenvalue weighted by Gasteiger charge is 2.39. The van der Waals surface area contributed by atoms with Crippen molar-refractivity contribution in [3.8, 4) is 10.4 Å². The SMILES string of the molecule is CC1CCCCN1C(=O)c1nc(C(=O)NCC(C)(C)O)sc1-c1cnc(NC2(C)CCC2)cc1C(F)(F)F. The average Bonchev–Trinajstić information content (AvgIpc) is 3.26. The summed E-state index contributed by atoms with van der Waals surface area (Å²) in [5, 5.41) is 15.4. The number of hydrogen-bond acceptors (Lipinski definition) is 7. The van der Waals surface area contributed by atoms with E-state index in [9.17, 15) is 27.9 Å². The number of nitrogens with zero attached hydrogens (tertiary/aromatic N) is 3. The van der Waals surface area contributed by atoms with Crippen molar-refractivity contribution < 1.29 is 27.9 Å². The molecule has 1 aliphatic heterocycles. The molecule has 2 fully saturated rings. The van der Waals surface area contributed by atoms with Gasteiger partial charge in [-0.15, -0.1) is 11.3 Å². The molecule has 2 aliphatic rings. The molecule has 2 amide bonds. The van der Waals surface area contributed by atoms with Gasteiger partial charge in [0.15, 0.2) is 5.01 Å². The molecule has 1 saturated heterocycles. The van der Waals surface area contributed by atoms with E-state index in [2.05, 4.69) is 20.6 Å². The van der Waals surface area contributed by atoms with Crippen molar-refractivity contribution in [1.29, 1.82) is 0 Å². The highest BCUT2D eigenvalue weighted by molar-refractivity contribution is 7.17. The number of amides is 2.